The lowest BCUT2D eigenvalue weighted by atomic mass is 9.98. The maximum atomic E-state index is 12.3. The average molecular weight is 424 g/mol. The normalized spacial score (nSPS) is 13.1. The zero-order valence-electron chi connectivity index (χ0n) is 17.6. The molecule has 1 aliphatic rings. The number of rotatable bonds is 10. The number of nitrogens with one attached hydrogen (secondary N) is 1. The van der Waals surface area contributed by atoms with Gasteiger partial charge in [-0.25, -0.2) is 4.79 Å². The van der Waals surface area contributed by atoms with Crippen molar-refractivity contribution in [2.45, 2.75) is 44.6 Å². The topological polar surface area (TPSA) is 108 Å². The zero-order valence-corrected chi connectivity index (χ0v) is 17.6. The third kappa shape index (κ3) is 5.63. The zero-order chi connectivity index (χ0) is 22.2. The van der Waals surface area contributed by atoms with Gasteiger partial charge in [0.05, 0.1) is 6.61 Å². The van der Waals surface area contributed by atoms with Crippen molar-refractivity contribution < 1.29 is 23.9 Å². The molecule has 0 radical (unpaired) electrons. The van der Waals surface area contributed by atoms with Gasteiger partial charge in [-0.3, -0.25) is 9.59 Å². The summed E-state index contributed by atoms with van der Waals surface area (Å²) in [6.07, 6.45) is 1.000. The molecule has 0 bridgehead atoms. The summed E-state index contributed by atoms with van der Waals surface area (Å²) in [7, 11) is 0. The number of alkyl carbamates (subject to hydrolysis) is 1. The number of ether oxygens (including phenoxy) is 2. The number of carbonyl (C=O) groups excluding carboxylic acids is 3. The molecule has 164 valence electrons. The molecule has 3 rings (SSSR count). The molecule has 2 aromatic rings. The molecule has 31 heavy (non-hydrogen) atoms. The molecule has 2 aromatic carbocycles. The Labute approximate surface area is 181 Å². The maximum absolute atomic E-state index is 12.3. The quantitative estimate of drug-likeness (QED) is 0.448. The lowest BCUT2D eigenvalue weighted by Crippen LogP contribution is -2.45. The van der Waals surface area contributed by atoms with Gasteiger partial charge in [0.2, 0.25) is 5.91 Å². The first kappa shape index (κ1) is 22.3. The summed E-state index contributed by atoms with van der Waals surface area (Å²) in [6, 6.07) is 15.0. The summed E-state index contributed by atoms with van der Waals surface area (Å²) in [5.41, 5.74) is 9.82. The Balaban J connectivity index is 1.55. The lowest BCUT2D eigenvalue weighted by Gasteiger charge is -2.18. The molecule has 0 saturated heterocycles. The minimum atomic E-state index is -1.01. The van der Waals surface area contributed by atoms with E-state index in [4.69, 9.17) is 15.2 Å². The van der Waals surface area contributed by atoms with E-state index in [-0.39, 0.29) is 25.4 Å². The van der Waals surface area contributed by atoms with Crippen LogP contribution >= 0.6 is 0 Å². The number of esters is 1. The molecule has 0 heterocycles. The summed E-state index contributed by atoms with van der Waals surface area (Å²) in [5.74, 6) is -1.23. The molecule has 0 fully saturated rings. The van der Waals surface area contributed by atoms with Crippen LogP contribution in [0, 0.1) is 0 Å². The Bertz CT molecular complexity index is 898. The van der Waals surface area contributed by atoms with Crippen LogP contribution in [0.5, 0.6) is 0 Å². The van der Waals surface area contributed by atoms with Gasteiger partial charge >= 0.3 is 12.1 Å². The minimum Gasteiger partial charge on any atom is -0.466 e. The summed E-state index contributed by atoms with van der Waals surface area (Å²) < 4.78 is 10.5. The van der Waals surface area contributed by atoms with E-state index in [1.54, 1.807) is 0 Å². The summed E-state index contributed by atoms with van der Waals surface area (Å²) in [5, 5.41) is 2.47. The van der Waals surface area contributed by atoms with E-state index in [1.165, 1.54) is 0 Å². The first-order chi connectivity index (χ1) is 15.0. The van der Waals surface area contributed by atoms with Gasteiger partial charge in [-0.1, -0.05) is 61.9 Å². The molecule has 0 spiro atoms. The van der Waals surface area contributed by atoms with Crippen LogP contribution in [0.2, 0.25) is 0 Å². The van der Waals surface area contributed by atoms with Crippen molar-refractivity contribution in [3.05, 3.63) is 59.7 Å². The number of hydrogen-bond acceptors (Lipinski definition) is 5. The van der Waals surface area contributed by atoms with Crippen molar-refractivity contribution in [3.8, 4) is 11.1 Å². The van der Waals surface area contributed by atoms with E-state index in [0.29, 0.717) is 6.61 Å². The second kappa shape index (κ2) is 10.6. The van der Waals surface area contributed by atoms with E-state index in [1.807, 2.05) is 43.3 Å². The third-order valence-corrected chi connectivity index (χ3v) is 5.38. The number of unbranched alkanes of at least 4 members (excludes halogenated alkanes) is 1. The smallest absolute Gasteiger partial charge is 0.407 e. The van der Waals surface area contributed by atoms with Gasteiger partial charge in [0.15, 0.2) is 0 Å². The fourth-order valence-electron chi connectivity index (χ4n) is 3.73. The number of hydrogen-bond donors (Lipinski definition) is 2. The van der Waals surface area contributed by atoms with Crippen LogP contribution in [0.25, 0.3) is 11.1 Å². The Morgan fingerprint density at radius 1 is 1.00 bits per heavy atom. The highest BCUT2D eigenvalue weighted by Crippen LogP contribution is 2.44. The molecule has 1 atom stereocenters. The van der Waals surface area contributed by atoms with Crippen molar-refractivity contribution in [2.24, 2.45) is 5.73 Å². The van der Waals surface area contributed by atoms with E-state index >= 15 is 0 Å². The Kier molecular flexibility index (Phi) is 7.65. The van der Waals surface area contributed by atoms with Gasteiger partial charge in [-0.05, 0) is 35.1 Å². The number of benzene rings is 2. The maximum Gasteiger partial charge on any atom is 0.407 e. The Morgan fingerprint density at radius 3 is 2.19 bits per heavy atom. The van der Waals surface area contributed by atoms with Crippen LogP contribution < -0.4 is 11.1 Å². The fourth-order valence-corrected chi connectivity index (χ4v) is 3.73. The fraction of sp³-hybridized carbons (Fsp3) is 0.375. The van der Waals surface area contributed by atoms with E-state index in [9.17, 15) is 14.4 Å². The number of primary amides is 1. The predicted octanol–water partition coefficient (Wildman–Crippen LogP) is 3.50. The van der Waals surface area contributed by atoms with Gasteiger partial charge in [-0.2, -0.15) is 0 Å². The highest BCUT2D eigenvalue weighted by atomic mass is 16.5. The van der Waals surface area contributed by atoms with Crippen molar-refractivity contribution in [1.29, 1.82) is 0 Å². The molecule has 0 unspecified atom stereocenters. The standard InChI is InChI=1S/C24H28N2O5/c1-2-3-14-30-22(27)13-12-21(23(25)28)26-24(29)31-15-20-18-10-6-4-8-16(18)17-9-5-7-11-19(17)20/h4-11,20-21H,2-3,12-15H2,1H3,(H2,25,28)(H,26,29)/t21-/m0/s1. The molecule has 1 aliphatic carbocycles. The first-order valence-corrected chi connectivity index (χ1v) is 10.6. The Hall–Kier alpha value is -3.35. The highest BCUT2D eigenvalue weighted by molar-refractivity contribution is 5.85. The number of nitrogens with two attached hydrogens (primary N) is 1. The predicted molar refractivity (Wildman–Crippen MR) is 116 cm³/mol. The van der Waals surface area contributed by atoms with Crippen LogP contribution in [-0.4, -0.2) is 37.2 Å². The second-order valence-electron chi connectivity index (χ2n) is 7.54. The van der Waals surface area contributed by atoms with Gasteiger partial charge < -0.3 is 20.5 Å². The van der Waals surface area contributed by atoms with Crippen molar-refractivity contribution in [2.75, 3.05) is 13.2 Å². The van der Waals surface area contributed by atoms with Gasteiger partial charge in [0, 0.05) is 12.3 Å². The van der Waals surface area contributed by atoms with Crippen molar-refractivity contribution in [1.82, 2.24) is 5.32 Å². The largest absolute Gasteiger partial charge is 0.466 e. The molecular formula is C24H28N2O5. The highest BCUT2D eigenvalue weighted by Gasteiger charge is 2.29. The van der Waals surface area contributed by atoms with Crippen LogP contribution in [-0.2, 0) is 19.1 Å². The van der Waals surface area contributed by atoms with Crippen LogP contribution in [0.4, 0.5) is 4.79 Å². The number of carbonyl (C=O) groups is 3. The van der Waals surface area contributed by atoms with Gasteiger partial charge in [0.25, 0.3) is 0 Å². The monoisotopic (exact) mass is 424 g/mol. The van der Waals surface area contributed by atoms with E-state index in [0.717, 1.165) is 35.1 Å². The van der Waals surface area contributed by atoms with E-state index < -0.39 is 24.0 Å². The molecule has 7 nitrogen and oxygen atoms in total. The molecule has 0 aliphatic heterocycles. The first-order valence-electron chi connectivity index (χ1n) is 10.6. The minimum absolute atomic E-state index is 0.0129. The summed E-state index contributed by atoms with van der Waals surface area (Å²) in [4.78, 5) is 35.8. The van der Waals surface area contributed by atoms with Gasteiger partial charge in [0.1, 0.15) is 12.6 Å². The average Bonchev–Trinajstić information content (AvgIpc) is 3.09. The summed E-state index contributed by atoms with van der Waals surface area (Å²) in [6.45, 7) is 2.47. The second-order valence-corrected chi connectivity index (χ2v) is 7.54. The molecule has 2 amide bonds. The van der Waals surface area contributed by atoms with E-state index in [2.05, 4.69) is 17.4 Å². The molecule has 3 N–H and O–H groups in total. The van der Waals surface area contributed by atoms with Crippen molar-refractivity contribution in [3.63, 3.8) is 0 Å². The third-order valence-electron chi connectivity index (χ3n) is 5.38. The number of amides is 2. The van der Waals surface area contributed by atoms with Gasteiger partial charge in [-0.15, -0.1) is 0 Å². The molecular weight excluding hydrogens is 396 g/mol. The number of fused-ring (bicyclic) bond motifs is 3. The molecule has 7 heteroatoms. The Morgan fingerprint density at radius 2 is 1.61 bits per heavy atom. The lowest BCUT2D eigenvalue weighted by molar-refractivity contribution is -0.144. The summed E-state index contributed by atoms with van der Waals surface area (Å²) >= 11 is 0. The molecule has 0 saturated carbocycles. The van der Waals surface area contributed by atoms with Crippen molar-refractivity contribution >= 4 is 18.0 Å². The molecule has 0 aromatic heterocycles. The van der Waals surface area contributed by atoms with Crippen LogP contribution in [0.1, 0.15) is 49.7 Å². The van der Waals surface area contributed by atoms with Crippen LogP contribution in [0.15, 0.2) is 48.5 Å². The SMILES string of the molecule is CCCCOC(=O)CC[C@H](NC(=O)OCC1c2ccccc2-c2ccccc21)C(N)=O. The van der Waals surface area contributed by atoms with Crippen LogP contribution in [0.3, 0.4) is 0 Å².